The summed E-state index contributed by atoms with van der Waals surface area (Å²) in [5.41, 5.74) is 2.43. The fourth-order valence-electron chi connectivity index (χ4n) is 4.11. The Bertz CT molecular complexity index is 1000. The normalized spacial score (nSPS) is 16.9. The number of pyridine rings is 1. The van der Waals surface area contributed by atoms with Crippen LogP contribution in [0.3, 0.4) is 0 Å². The molecule has 7 nitrogen and oxygen atoms in total. The Labute approximate surface area is 182 Å². The molecule has 0 unspecified atom stereocenters. The highest BCUT2D eigenvalue weighted by Crippen LogP contribution is 2.47. The summed E-state index contributed by atoms with van der Waals surface area (Å²) in [4.78, 5) is 42.2. The first-order valence-corrected chi connectivity index (χ1v) is 9.92. The standard InChI is InChI=1S/C20H21N3O2.C2HF3O2/c1-22-17-8-3-2-7-16(17)20(19(22)25)9-12-23(13-10-20)18(24)14-15-6-4-5-11-21-15;3-2(4,5)1(6)7/h2-8,11H,9-10,12-14H2,1H3;(H,6,7). The number of hydrogen-bond acceptors (Lipinski definition) is 4. The number of likely N-dealkylation sites (tertiary alicyclic amines) is 1. The zero-order valence-corrected chi connectivity index (χ0v) is 17.3. The summed E-state index contributed by atoms with van der Waals surface area (Å²) in [5.74, 6) is -2.52. The highest BCUT2D eigenvalue weighted by molar-refractivity contribution is 6.07. The largest absolute Gasteiger partial charge is 0.490 e. The number of carbonyl (C=O) groups excluding carboxylic acids is 2. The molecule has 3 heterocycles. The van der Waals surface area contributed by atoms with Gasteiger partial charge in [0.15, 0.2) is 0 Å². The molecular weight excluding hydrogens is 427 g/mol. The van der Waals surface area contributed by atoms with Gasteiger partial charge in [-0.1, -0.05) is 24.3 Å². The predicted octanol–water partition coefficient (Wildman–Crippen LogP) is 2.79. The van der Waals surface area contributed by atoms with Crippen LogP contribution in [0.2, 0.25) is 0 Å². The maximum Gasteiger partial charge on any atom is 0.490 e. The summed E-state index contributed by atoms with van der Waals surface area (Å²) in [6, 6.07) is 13.6. The smallest absolute Gasteiger partial charge is 0.475 e. The summed E-state index contributed by atoms with van der Waals surface area (Å²) in [6.07, 6.45) is -1.70. The van der Waals surface area contributed by atoms with Crippen molar-refractivity contribution in [3.8, 4) is 0 Å². The quantitative estimate of drug-likeness (QED) is 0.762. The van der Waals surface area contributed by atoms with Crippen LogP contribution in [0.4, 0.5) is 18.9 Å². The lowest BCUT2D eigenvalue weighted by Gasteiger charge is -2.38. The minimum atomic E-state index is -5.08. The van der Waals surface area contributed by atoms with Gasteiger partial charge >= 0.3 is 12.1 Å². The minimum Gasteiger partial charge on any atom is -0.475 e. The molecule has 32 heavy (non-hydrogen) atoms. The Morgan fingerprint density at radius 1 is 1.09 bits per heavy atom. The number of nitrogens with zero attached hydrogens (tertiary/aromatic N) is 3. The van der Waals surface area contributed by atoms with Crippen molar-refractivity contribution in [3.63, 3.8) is 0 Å². The number of amides is 2. The second-order valence-electron chi connectivity index (χ2n) is 7.64. The van der Waals surface area contributed by atoms with Crippen molar-refractivity contribution in [1.82, 2.24) is 9.88 Å². The average molecular weight is 449 g/mol. The molecule has 0 atom stereocenters. The molecule has 0 bridgehead atoms. The van der Waals surface area contributed by atoms with E-state index in [1.165, 1.54) is 0 Å². The molecule has 2 aliphatic rings. The Kier molecular flexibility index (Phi) is 6.52. The van der Waals surface area contributed by atoms with E-state index in [1.54, 1.807) is 11.1 Å². The van der Waals surface area contributed by atoms with Gasteiger partial charge in [-0.05, 0) is 36.6 Å². The fraction of sp³-hybridized carbons (Fsp3) is 0.364. The van der Waals surface area contributed by atoms with Crippen molar-refractivity contribution in [3.05, 3.63) is 59.9 Å². The van der Waals surface area contributed by atoms with Crippen LogP contribution >= 0.6 is 0 Å². The van der Waals surface area contributed by atoms with E-state index in [9.17, 15) is 22.8 Å². The number of rotatable bonds is 2. The summed E-state index contributed by atoms with van der Waals surface area (Å²) in [6.45, 7) is 1.22. The number of anilines is 1. The molecular formula is C22H22F3N3O4. The van der Waals surface area contributed by atoms with Crippen LogP contribution in [0, 0.1) is 0 Å². The highest BCUT2D eigenvalue weighted by atomic mass is 19.4. The molecule has 0 aliphatic carbocycles. The van der Waals surface area contributed by atoms with E-state index in [4.69, 9.17) is 9.90 Å². The third-order valence-corrected chi connectivity index (χ3v) is 5.77. The number of fused-ring (bicyclic) bond motifs is 2. The van der Waals surface area contributed by atoms with Crippen LogP contribution in [0.15, 0.2) is 48.7 Å². The van der Waals surface area contributed by atoms with E-state index in [0.29, 0.717) is 32.4 Å². The van der Waals surface area contributed by atoms with Crippen LogP contribution in [-0.2, 0) is 26.2 Å². The molecule has 10 heteroatoms. The third kappa shape index (κ3) is 4.58. The maximum absolute atomic E-state index is 12.9. The van der Waals surface area contributed by atoms with Crippen LogP contribution in [0.5, 0.6) is 0 Å². The van der Waals surface area contributed by atoms with Crippen LogP contribution in [0.25, 0.3) is 0 Å². The van der Waals surface area contributed by atoms with Gasteiger partial charge in [0, 0.05) is 37.7 Å². The number of carbonyl (C=O) groups is 3. The number of carboxylic acid groups (broad SMARTS) is 1. The van der Waals surface area contributed by atoms with Gasteiger partial charge in [-0.2, -0.15) is 13.2 Å². The molecule has 1 spiro atoms. The Balaban J connectivity index is 0.000000360. The Hall–Kier alpha value is -3.43. The molecule has 1 fully saturated rings. The first kappa shape index (κ1) is 23.2. The minimum absolute atomic E-state index is 0.0839. The third-order valence-electron chi connectivity index (χ3n) is 5.77. The van der Waals surface area contributed by atoms with E-state index in [-0.39, 0.29) is 11.8 Å². The number of likely N-dealkylation sites (N-methyl/N-ethyl adjacent to an activating group) is 1. The number of halogens is 3. The van der Waals surface area contributed by atoms with Crippen LogP contribution in [0.1, 0.15) is 24.1 Å². The zero-order valence-electron chi connectivity index (χ0n) is 17.3. The number of piperidine rings is 1. The number of para-hydroxylation sites is 1. The number of hydrogen-bond donors (Lipinski definition) is 1. The zero-order chi connectivity index (χ0) is 23.5. The van der Waals surface area contributed by atoms with E-state index >= 15 is 0 Å². The maximum atomic E-state index is 12.9. The van der Waals surface area contributed by atoms with Crippen molar-refractivity contribution in [1.29, 1.82) is 0 Å². The number of aliphatic carboxylic acids is 1. The van der Waals surface area contributed by atoms with Crippen molar-refractivity contribution in [2.45, 2.75) is 30.9 Å². The van der Waals surface area contributed by atoms with Gasteiger partial charge in [-0.25, -0.2) is 4.79 Å². The number of aromatic nitrogens is 1. The predicted molar refractivity (Wildman–Crippen MR) is 109 cm³/mol. The number of benzene rings is 1. The first-order valence-electron chi connectivity index (χ1n) is 9.92. The van der Waals surface area contributed by atoms with Crippen LogP contribution in [-0.4, -0.2) is 59.1 Å². The SMILES string of the molecule is CN1C(=O)C2(CCN(C(=O)Cc3ccccn3)CC2)c2ccccc21.O=C(O)C(F)(F)F. The highest BCUT2D eigenvalue weighted by Gasteiger charge is 2.51. The van der Waals surface area contributed by atoms with Gasteiger partial charge in [0.05, 0.1) is 11.8 Å². The molecule has 1 saturated heterocycles. The van der Waals surface area contributed by atoms with E-state index < -0.39 is 17.6 Å². The van der Waals surface area contributed by atoms with E-state index in [2.05, 4.69) is 11.1 Å². The number of carboxylic acids is 1. The lowest BCUT2D eigenvalue weighted by Crippen LogP contribution is -2.49. The van der Waals surface area contributed by atoms with Crippen molar-refractivity contribution in [2.75, 3.05) is 25.0 Å². The molecule has 1 N–H and O–H groups in total. The number of alkyl halides is 3. The lowest BCUT2D eigenvalue weighted by atomic mass is 9.73. The second-order valence-corrected chi connectivity index (χ2v) is 7.64. The lowest BCUT2D eigenvalue weighted by molar-refractivity contribution is -0.192. The summed E-state index contributed by atoms with van der Waals surface area (Å²) in [5, 5.41) is 7.12. The summed E-state index contributed by atoms with van der Waals surface area (Å²) in [7, 11) is 1.84. The molecule has 2 aromatic rings. The molecule has 1 aromatic carbocycles. The topological polar surface area (TPSA) is 90.8 Å². The molecule has 0 saturated carbocycles. The van der Waals surface area contributed by atoms with Gasteiger partial charge in [-0.15, -0.1) is 0 Å². The molecule has 1 aromatic heterocycles. The average Bonchev–Trinajstić information content (AvgIpc) is 2.97. The van der Waals surface area contributed by atoms with Gasteiger partial charge in [0.1, 0.15) is 0 Å². The van der Waals surface area contributed by atoms with Crippen LogP contribution < -0.4 is 4.90 Å². The van der Waals surface area contributed by atoms with Gasteiger partial charge in [0.25, 0.3) is 0 Å². The Morgan fingerprint density at radius 2 is 1.69 bits per heavy atom. The molecule has 2 aliphatic heterocycles. The first-order chi connectivity index (χ1) is 15.1. The Morgan fingerprint density at radius 3 is 2.25 bits per heavy atom. The fourth-order valence-corrected chi connectivity index (χ4v) is 4.11. The van der Waals surface area contributed by atoms with Crippen molar-refractivity contribution in [2.24, 2.45) is 0 Å². The van der Waals surface area contributed by atoms with Crippen molar-refractivity contribution >= 4 is 23.5 Å². The molecule has 2 amide bonds. The summed E-state index contributed by atoms with van der Waals surface area (Å²) >= 11 is 0. The van der Waals surface area contributed by atoms with E-state index in [0.717, 1.165) is 16.9 Å². The monoisotopic (exact) mass is 449 g/mol. The molecule has 0 radical (unpaired) electrons. The second kappa shape index (κ2) is 8.97. The van der Waals surface area contributed by atoms with E-state index in [1.807, 2.05) is 48.3 Å². The molecule has 170 valence electrons. The van der Waals surface area contributed by atoms with Gasteiger partial charge in [0.2, 0.25) is 11.8 Å². The van der Waals surface area contributed by atoms with Gasteiger partial charge in [-0.3, -0.25) is 14.6 Å². The van der Waals surface area contributed by atoms with Gasteiger partial charge < -0.3 is 14.9 Å². The molecule has 4 rings (SSSR count). The van der Waals surface area contributed by atoms with Crippen molar-refractivity contribution < 1.29 is 32.7 Å². The summed E-state index contributed by atoms with van der Waals surface area (Å²) < 4.78 is 31.7.